The fourth-order valence-corrected chi connectivity index (χ4v) is 1.36. The van der Waals surface area contributed by atoms with Crippen LogP contribution in [0.15, 0.2) is 18.2 Å². The maximum absolute atomic E-state index is 11.8. The van der Waals surface area contributed by atoms with E-state index in [0.717, 1.165) is 6.42 Å². The van der Waals surface area contributed by atoms with Gasteiger partial charge in [-0.05, 0) is 18.6 Å². The summed E-state index contributed by atoms with van der Waals surface area (Å²) >= 11 is 0. The van der Waals surface area contributed by atoms with Gasteiger partial charge in [0, 0.05) is 5.92 Å². The SMILES string of the molecule is CCC(C)C(=O)Nc1c(C#N)cccc1OC. The molecule has 0 aromatic heterocycles. The molecule has 0 aliphatic heterocycles. The highest BCUT2D eigenvalue weighted by atomic mass is 16.5. The summed E-state index contributed by atoms with van der Waals surface area (Å²) in [6.45, 7) is 3.79. The second-order valence-electron chi connectivity index (χ2n) is 3.79. The Kier molecular flexibility index (Phi) is 4.53. The molecule has 4 nitrogen and oxygen atoms in total. The molecule has 1 rings (SSSR count). The Balaban J connectivity index is 3.04. The van der Waals surface area contributed by atoms with Crippen molar-refractivity contribution in [3.63, 3.8) is 0 Å². The number of para-hydroxylation sites is 1. The highest BCUT2D eigenvalue weighted by Crippen LogP contribution is 2.28. The first-order valence-corrected chi connectivity index (χ1v) is 5.52. The van der Waals surface area contributed by atoms with Gasteiger partial charge in [-0.15, -0.1) is 0 Å². The van der Waals surface area contributed by atoms with Crippen molar-refractivity contribution < 1.29 is 9.53 Å². The lowest BCUT2D eigenvalue weighted by Gasteiger charge is -2.14. The highest BCUT2D eigenvalue weighted by Gasteiger charge is 2.15. The molecule has 0 fully saturated rings. The second kappa shape index (κ2) is 5.90. The minimum Gasteiger partial charge on any atom is -0.495 e. The molecular weight excluding hydrogens is 216 g/mol. The van der Waals surface area contributed by atoms with E-state index in [4.69, 9.17) is 10.00 Å². The molecule has 1 aromatic rings. The van der Waals surface area contributed by atoms with Gasteiger partial charge in [-0.2, -0.15) is 5.26 Å². The van der Waals surface area contributed by atoms with E-state index in [1.54, 1.807) is 18.2 Å². The van der Waals surface area contributed by atoms with Gasteiger partial charge in [0.05, 0.1) is 12.7 Å². The zero-order valence-corrected chi connectivity index (χ0v) is 10.3. The molecular formula is C13H16N2O2. The minimum absolute atomic E-state index is 0.0912. The first kappa shape index (κ1) is 13.0. The molecule has 90 valence electrons. The van der Waals surface area contributed by atoms with Crippen LogP contribution in [0.2, 0.25) is 0 Å². The minimum atomic E-state index is -0.103. The van der Waals surface area contributed by atoms with Gasteiger partial charge < -0.3 is 10.1 Å². The van der Waals surface area contributed by atoms with E-state index in [1.165, 1.54) is 7.11 Å². The van der Waals surface area contributed by atoms with Crippen molar-refractivity contribution in [3.05, 3.63) is 23.8 Å². The predicted molar refractivity (Wildman–Crippen MR) is 65.8 cm³/mol. The van der Waals surface area contributed by atoms with E-state index in [-0.39, 0.29) is 11.8 Å². The topological polar surface area (TPSA) is 62.1 Å². The van der Waals surface area contributed by atoms with Crippen LogP contribution in [0.5, 0.6) is 5.75 Å². The lowest BCUT2D eigenvalue weighted by Crippen LogP contribution is -2.20. The van der Waals surface area contributed by atoms with Gasteiger partial charge in [0.15, 0.2) is 0 Å². The van der Waals surface area contributed by atoms with Gasteiger partial charge >= 0.3 is 0 Å². The average Bonchev–Trinajstić information content (AvgIpc) is 2.37. The molecule has 1 atom stereocenters. The zero-order valence-electron chi connectivity index (χ0n) is 10.3. The van der Waals surface area contributed by atoms with E-state index in [0.29, 0.717) is 17.0 Å². The van der Waals surface area contributed by atoms with Crippen molar-refractivity contribution in [2.75, 3.05) is 12.4 Å². The number of hydrogen-bond donors (Lipinski definition) is 1. The Morgan fingerprint density at radius 2 is 2.29 bits per heavy atom. The smallest absolute Gasteiger partial charge is 0.227 e. The van der Waals surface area contributed by atoms with Crippen LogP contribution >= 0.6 is 0 Å². The molecule has 1 amide bonds. The number of anilines is 1. The van der Waals surface area contributed by atoms with Gasteiger partial charge in [-0.1, -0.05) is 19.9 Å². The fourth-order valence-electron chi connectivity index (χ4n) is 1.36. The Morgan fingerprint density at radius 3 is 2.82 bits per heavy atom. The second-order valence-corrected chi connectivity index (χ2v) is 3.79. The Bertz CT molecular complexity index is 449. The van der Waals surface area contributed by atoms with Crippen molar-refractivity contribution in [2.45, 2.75) is 20.3 Å². The Hall–Kier alpha value is -2.02. The van der Waals surface area contributed by atoms with Crippen molar-refractivity contribution in [1.82, 2.24) is 0 Å². The zero-order chi connectivity index (χ0) is 12.8. The summed E-state index contributed by atoms with van der Waals surface area (Å²) in [5, 5.41) is 11.7. The largest absolute Gasteiger partial charge is 0.495 e. The van der Waals surface area contributed by atoms with Crippen LogP contribution in [0.1, 0.15) is 25.8 Å². The maximum Gasteiger partial charge on any atom is 0.227 e. The summed E-state index contributed by atoms with van der Waals surface area (Å²) < 4.78 is 5.14. The van der Waals surface area contributed by atoms with Gasteiger partial charge in [-0.3, -0.25) is 4.79 Å². The van der Waals surface area contributed by atoms with Crippen molar-refractivity contribution in [3.8, 4) is 11.8 Å². The Morgan fingerprint density at radius 1 is 1.59 bits per heavy atom. The lowest BCUT2D eigenvalue weighted by atomic mass is 10.1. The fraction of sp³-hybridized carbons (Fsp3) is 0.385. The van der Waals surface area contributed by atoms with Crippen LogP contribution in [0.3, 0.4) is 0 Å². The molecule has 0 saturated heterocycles. The molecule has 0 radical (unpaired) electrons. The van der Waals surface area contributed by atoms with E-state index < -0.39 is 0 Å². The summed E-state index contributed by atoms with van der Waals surface area (Å²) in [6.07, 6.45) is 0.753. The molecule has 1 aromatic carbocycles. The van der Waals surface area contributed by atoms with Gasteiger partial charge in [0.2, 0.25) is 5.91 Å². The standard InChI is InChI=1S/C13H16N2O2/c1-4-9(2)13(16)15-12-10(8-14)6-5-7-11(12)17-3/h5-7,9H,4H2,1-3H3,(H,15,16). The van der Waals surface area contributed by atoms with Crippen LogP contribution < -0.4 is 10.1 Å². The first-order valence-electron chi connectivity index (χ1n) is 5.52. The van der Waals surface area contributed by atoms with Gasteiger partial charge in [0.25, 0.3) is 0 Å². The summed E-state index contributed by atoms with van der Waals surface area (Å²) in [5.74, 6) is 0.306. The van der Waals surface area contributed by atoms with Crippen LogP contribution in [-0.2, 0) is 4.79 Å². The predicted octanol–water partition coefficient (Wildman–Crippen LogP) is 2.55. The molecule has 0 saturated carbocycles. The number of nitrogens with zero attached hydrogens (tertiary/aromatic N) is 1. The maximum atomic E-state index is 11.8. The third-order valence-corrected chi connectivity index (χ3v) is 2.67. The number of amides is 1. The normalized spacial score (nSPS) is 11.4. The average molecular weight is 232 g/mol. The van der Waals surface area contributed by atoms with Gasteiger partial charge in [0.1, 0.15) is 17.5 Å². The molecule has 0 spiro atoms. The van der Waals surface area contributed by atoms with Crippen LogP contribution in [0.4, 0.5) is 5.69 Å². The quantitative estimate of drug-likeness (QED) is 0.867. The third-order valence-electron chi connectivity index (χ3n) is 2.67. The molecule has 0 aliphatic carbocycles. The number of nitriles is 1. The molecule has 0 bridgehead atoms. The van der Waals surface area contributed by atoms with Crippen molar-refractivity contribution in [1.29, 1.82) is 5.26 Å². The number of hydrogen-bond acceptors (Lipinski definition) is 3. The number of nitrogens with one attached hydrogen (secondary N) is 1. The number of carbonyl (C=O) groups is 1. The number of carbonyl (C=O) groups excluding carboxylic acids is 1. The van der Waals surface area contributed by atoms with Crippen molar-refractivity contribution in [2.24, 2.45) is 5.92 Å². The third kappa shape index (κ3) is 2.97. The lowest BCUT2D eigenvalue weighted by molar-refractivity contribution is -0.119. The van der Waals surface area contributed by atoms with Crippen molar-refractivity contribution >= 4 is 11.6 Å². The summed E-state index contributed by atoms with van der Waals surface area (Å²) in [7, 11) is 1.51. The summed E-state index contributed by atoms with van der Waals surface area (Å²) in [6, 6.07) is 7.12. The number of methoxy groups -OCH3 is 1. The number of ether oxygens (including phenoxy) is 1. The highest BCUT2D eigenvalue weighted by molar-refractivity contribution is 5.95. The van der Waals surface area contributed by atoms with Crippen LogP contribution in [0.25, 0.3) is 0 Å². The van der Waals surface area contributed by atoms with Gasteiger partial charge in [-0.25, -0.2) is 0 Å². The molecule has 17 heavy (non-hydrogen) atoms. The Labute approximate surface area is 101 Å². The van der Waals surface area contributed by atoms with E-state index in [9.17, 15) is 4.79 Å². The molecule has 1 unspecified atom stereocenters. The summed E-state index contributed by atoms with van der Waals surface area (Å²) in [5.41, 5.74) is 0.851. The van der Waals surface area contributed by atoms with E-state index >= 15 is 0 Å². The molecule has 4 heteroatoms. The molecule has 0 heterocycles. The molecule has 0 aliphatic rings. The number of benzene rings is 1. The van der Waals surface area contributed by atoms with E-state index in [1.807, 2.05) is 19.9 Å². The first-order chi connectivity index (χ1) is 8.13. The molecule has 1 N–H and O–H groups in total. The van der Waals surface area contributed by atoms with E-state index in [2.05, 4.69) is 5.32 Å². The van der Waals surface area contributed by atoms with Crippen LogP contribution in [-0.4, -0.2) is 13.0 Å². The summed E-state index contributed by atoms with van der Waals surface area (Å²) in [4.78, 5) is 11.8. The monoisotopic (exact) mass is 232 g/mol. The van der Waals surface area contributed by atoms with Crippen LogP contribution in [0, 0.1) is 17.2 Å². The number of rotatable bonds is 4.